The number of anilines is 3. The lowest BCUT2D eigenvalue weighted by Gasteiger charge is -2.11. The van der Waals surface area contributed by atoms with E-state index in [1.807, 2.05) is 0 Å². The molecular formula is C17H15F4N3O4S2. The van der Waals surface area contributed by atoms with Crippen molar-refractivity contribution in [2.75, 3.05) is 26.9 Å². The van der Waals surface area contributed by atoms with Gasteiger partial charge in [-0.3, -0.25) is 14.3 Å². The van der Waals surface area contributed by atoms with Crippen molar-refractivity contribution in [3.05, 3.63) is 54.3 Å². The number of benzene rings is 2. The fourth-order valence-electron chi connectivity index (χ4n) is 2.02. The summed E-state index contributed by atoms with van der Waals surface area (Å²) in [7, 11) is -5.53. The van der Waals surface area contributed by atoms with Crippen molar-refractivity contribution < 1.29 is 35.6 Å². The quantitative estimate of drug-likeness (QED) is 0.519. The maximum atomic E-state index is 13.4. The van der Waals surface area contributed by atoms with E-state index < -0.39 is 33.2 Å². The van der Waals surface area contributed by atoms with Gasteiger partial charge in [-0.05, 0) is 36.4 Å². The van der Waals surface area contributed by atoms with Gasteiger partial charge in [-0.15, -0.1) is 11.8 Å². The standard InChI is InChI=1S/C17H15F4N3O4S2/c18-13-3-1-2-4-14(13)23-16(26)10-29-9-15(25)22-11-5-7-12(8-6-11)24-30(27,28)17(19,20)21/h1-8,24H,9-10H2,(H,22,25)(H,23,26). The van der Waals surface area contributed by atoms with E-state index in [4.69, 9.17) is 0 Å². The van der Waals surface area contributed by atoms with Crippen molar-refractivity contribution >= 4 is 50.7 Å². The first kappa shape index (κ1) is 23.5. The molecule has 2 rings (SSSR count). The number of rotatable bonds is 8. The number of hydrogen-bond acceptors (Lipinski definition) is 5. The third kappa shape index (κ3) is 6.91. The SMILES string of the molecule is O=C(CSCC(=O)Nc1ccccc1F)Nc1ccc(NS(=O)(=O)C(F)(F)F)cc1. The molecule has 0 fully saturated rings. The van der Waals surface area contributed by atoms with Crippen LogP contribution in [0.1, 0.15) is 0 Å². The molecule has 0 aliphatic carbocycles. The number of para-hydroxylation sites is 1. The number of carbonyl (C=O) groups excluding carboxylic acids is 2. The summed E-state index contributed by atoms with van der Waals surface area (Å²) >= 11 is 0.964. The van der Waals surface area contributed by atoms with Crippen LogP contribution in [0.4, 0.5) is 34.6 Å². The Morgan fingerprint density at radius 2 is 1.40 bits per heavy atom. The van der Waals surface area contributed by atoms with Gasteiger partial charge in [0.1, 0.15) is 5.82 Å². The lowest BCUT2D eigenvalue weighted by atomic mass is 10.3. The van der Waals surface area contributed by atoms with Gasteiger partial charge >= 0.3 is 15.5 Å². The molecule has 0 aliphatic rings. The zero-order chi connectivity index (χ0) is 22.4. The van der Waals surface area contributed by atoms with Gasteiger partial charge in [0.15, 0.2) is 0 Å². The summed E-state index contributed by atoms with van der Waals surface area (Å²) in [6.07, 6.45) is 0. The Kier molecular flexibility index (Phi) is 7.67. The molecule has 2 aromatic carbocycles. The highest BCUT2D eigenvalue weighted by Gasteiger charge is 2.46. The number of amides is 2. The Hall–Kier alpha value is -2.80. The van der Waals surface area contributed by atoms with Gasteiger partial charge in [-0.25, -0.2) is 4.39 Å². The van der Waals surface area contributed by atoms with Crippen LogP contribution in [-0.4, -0.2) is 37.2 Å². The molecule has 30 heavy (non-hydrogen) atoms. The van der Waals surface area contributed by atoms with E-state index in [0.717, 1.165) is 23.9 Å². The largest absolute Gasteiger partial charge is 0.516 e. The summed E-state index contributed by atoms with van der Waals surface area (Å²) in [6.45, 7) is 0. The third-order valence-corrected chi connectivity index (χ3v) is 5.39. The van der Waals surface area contributed by atoms with E-state index >= 15 is 0 Å². The smallest absolute Gasteiger partial charge is 0.325 e. The zero-order valence-electron chi connectivity index (χ0n) is 15.0. The van der Waals surface area contributed by atoms with Crippen molar-refractivity contribution in [2.45, 2.75) is 5.51 Å². The highest BCUT2D eigenvalue weighted by molar-refractivity contribution is 8.00. The molecular weight excluding hydrogens is 450 g/mol. The molecule has 162 valence electrons. The number of thioether (sulfide) groups is 1. The van der Waals surface area contributed by atoms with Gasteiger partial charge in [0.2, 0.25) is 11.8 Å². The van der Waals surface area contributed by atoms with Crippen LogP contribution in [0.3, 0.4) is 0 Å². The molecule has 13 heteroatoms. The maximum Gasteiger partial charge on any atom is 0.516 e. The predicted octanol–water partition coefficient (Wildman–Crippen LogP) is 3.40. The molecule has 0 radical (unpaired) electrons. The number of nitrogens with one attached hydrogen (secondary N) is 3. The first-order chi connectivity index (χ1) is 14.0. The van der Waals surface area contributed by atoms with Crippen LogP contribution in [0.25, 0.3) is 0 Å². The van der Waals surface area contributed by atoms with Crippen molar-refractivity contribution in [2.24, 2.45) is 0 Å². The minimum Gasteiger partial charge on any atom is -0.325 e. The molecule has 0 saturated heterocycles. The maximum absolute atomic E-state index is 13.4. The average molecular weight is 465 g/mol. The average Bonchev–Trinajstić information content (AvgIpc) is 2.64. The van der Waals surface area contributed by atoms with Crippen molar-refractivity contribution in [1.82, 2.24) is 0 Å². The lowest BCUT2D eigenvalue weighted by Crippen LogP contribution is -2.29. The van der Waals surface area contributed by atoms with E-state index in [1.165, 1.54) is 35.1 Å². The Labute approximate surface area is 173 Å². The second-order valence-corrected chi connectivity index (χ2v) is 8.36. The lowest BCUT2D eigenvalue weighted by molar-refractivity contribution is -0.114. The Morgan fingerprint density at radius 1 is 0.867 bits per heavy atom. The molecule has 7 nitrogen and oxygen atoms in total. The first-order valence-corrected chi connectivity index (χ1v) is 10.7. The van der Waals surface area contributed by atoms with Crippen molar-refractivity contribution in [1.29, 1.82) is 0 Å². The molecule has 0 heterocycles. The molecule has 0 saturated carbocycles. The number of carbonyl (C=O) groups is 2. The van der Waals surface area contributed by atoms with Crippen LogP contribution in [0.15, 0.2) is 48.5 Å². The Bertz CT molecular complexity index is 1010. The number of alkyl halides is 3. The molecule has 3 N–H and O–H groups in total. The van der Waals surface area contributed by atoms with Gasteiger partial charge in [0, 0.05) is 11.4 Å². The monoisotopic (exact) mass is 465 g/mol. The zero-order valence-corrected chi connectivity index (χ0v) is 16.6. The van der Waals surface area contributed by atoms with Gasteiger partial charge in [0.05, 0.1) is 17.2 Å². The van der Waals surface area contributed by atoms with E-state index in [2.05, 4.69) is 10.6 Å². The normalized spacial score (nSPS) is 11.6. The minimum atomic E-state index is -5.53. The van der Waals surface area contributed by atoms with Crippen LogP contribution in [-0.2, 0) is 19.6 Å². The molecule has 0 unspecified atom stereocenters. The minimum absolute atomic E-state index is 0.0220. The van der Waals surface area contributed by atoms with E-state index in [-0.39, 0.29) is 28.6 Å². The summed E-state index contributed by atoms with van der Waals surface area (Å²) in [5.41, 5.74) is -5.54. The Balaban J connectivity index is 1.78. The van der Waals surface area contributed by atoms with E-state index in [9.17, 15) is 35.6 Å². The molecule has 0 spiro atoms. The van der Waals surface area contributed by atoms with Gasteiger partial charge < -0.3 is 10.6 Å². The summed E-state index contributed by atoms with van der Waals surface area (Å²) < 4.78 is 73.9. The number of halogens is 4. The van der Waals surface area contributed by atoms with Gasteiger partial charge in [-0.1, -0.05) is 12.1 Å². The van der Waals surface area contributed by atoms with Crippen LogP contribution in [0.2, 0.25) is 0 Å². The fraction of sp³-hybridized carbons (Fsp3) is 0.176. The number of sulfonamides is 1. The second-order valence-electron chi connectivity index (χ2n) is 5.70. The van der Waals surface area contributed by atoms with Crippen LogP contribution >= 0.6 is 11.8 Å². The second kappa shape index (κ2) is 9.80. The van der Waals surface area contributed by atoms with Crippen LogP contribution < -0.4 is 15.4 Å². The van der Waals surface area contributed by atoms with E-state index in [0.29, 0.717) is 0 Å². The number of hydrogen-bond donors (Lipinski definition) is 3. The Morgan fingerprint density at radius 3 is 1.97 bits per heavy atom. The van der Waals surface area contributed by atoms with Crippen LogP contribution in [0, 0.1) is 5.82 Å². The molecule has 0 atom stereocenters. The summed E-state index contributed by atoms with van der Waals surface area (Å²) in [6, 6.07) is 10.1. The first-order valence-electron chi connectivity index (χ1n) is 8.09. The molecule has 0 aliphatic heterocycles. The predicted molar refractivity (Wildman–Crippen MR) is 106 cm³/mol. The van der Waals surface area contributed by atoms with Crippen molar-refractivity contribution in [3.8, 4) is 0 Å². The highest BCUT2D eigenvalue weighted by atomic mass is 32.2. The fourth-order valence-corrected chi connectivity index (χ4v) is 3.20. The third-order valence-electron chi connectivity index (χ3n) is 3.34. The molecule has 2 amide bonds. The van der Waals surface area contributed by atoms with Crippen molar-refractivity contribution in [3.63, 3.8) is 0 Å². The summed E-state index contributed by atoms with van der Waals surface area (Å²) in [5, 5.41) is 4.81. The highest BCUT2D eigenvalue weighted by Crippen LogP contribution is 2.26. The molecule has 2 aromatic rings. The summed E-state index contributed by atoms with van der Waals surface area (Å²) in [5.74, 6) is -1.82. The van der Waals surface area contributed by atoms with E-state index in [1.54, 1.807) is 6.07 Å². The molecule has 0 aromatic heterocycles. The van der Waals surface area contributed by atoms with Gasteiger partial charge in [0.25, 0.3) is 0 Å². The topological polar surface area (TPSA) is 104 Å². The molecule has 0 bridgehead atoms. The summed E-state index contributed by atoms with van der Waals surface area (Å²) in [4.78, 5) is 23.6. The van der Waals surface area contributed by atoms with Crippen LogP contribution in [0.5, 0.6) is 0 Å². The van der Waals surface area contributed by atoms with Gasteiger partial charge in [-0.2, -0.15) is 21.6 Å².